The molecule has 3 rings (SSSR count). The fourth-order valence-electron chi connectivity index (χ4n) is 3.05. The van der Waals surface area contributed by atoms with Crippen LogP contribution in [0, 0.1) is 6.92 Å². The van der Waals surface area contributed by atoms with Gasteiger partial charge < -0.3 is 15.5 Å². The van der Waals surface area contributed by atoms with Gasteiger partial charge in [0, 0.05) is 41.7 Å². The van der Waals surface area contributed by atoms with Crippen LogP contribution in [0.15, 0.2) is 35.7 Å². The van der Waals surface area contributed by atoms with Crippen LogP contribution in [-0.2, 0) is 11.2 Å². The molecule has 5 nitrogen and oxygen atoms in total. The largest absolute Gasteiger partial charge is 0.335 e. The van der Waals surface area contributed by atoms with Crippen LogP contribution in [-0.4, -0.2) is 24.5 Å². The number of thiophene rings is 1. The second-order valence-electron chi connectivity index (χ2n) is 6.43. The van der Waals surface area contributed by atoms with Crippen molar-refractivity contribution in [1.82, 2.24) is 5.32 Å². The van der Waals surface area contributed by atoms with Crippen LogP contribution in [0.4, 0.5) is 16.2 Å². The maximum absolute atomic E-state index is 12.2. The Balaban J connectivity index is 1.62. The third-order valence-corrected chi connectivity index (χ3v) is 5.19. The number of nitrogens with zero attached hydrogens (tertiary/aromatic N) is 1. The number of urea groups is 1. The summed E-state index contributed by atoms with van der Waals surface area (Å²) in [4.78, 5) is 27.3. The van der Waals surface area contributed by atoms with Gasteiger partial charge in [0.05, 0.1) is 0 Å². The predicted molar refractivity (Wildman–Crippen MR) is 102 cm³/mol. The molecule has 2 heterocycles. The number of hydrogen-bond acceptors (Lipinski definition) is 3. The van der Waals surface area contributed by atoms with Crippen molar-refractivity contribution in [2.24, 2.45) is 0 Å². The number of benzene rings is 1. The van der Waals surface area contributed by atoms with E-state index in [1.165, 1.54) is 4.88 Å². The monoisotopic (exact) mass is 357 g/mol. The summed E-state index contributed by atoms with van der Waals surface area (Å²) >= 11 is 1.69. The minimum Gasteiger partial charge on any atom is -0.335 e. The zero-order valence-electron chi connectivity index (χ0n) is 14.5. The smallest absolute Gasteiger partial charge is 0.319 e. The molecule has 6 heteroatoms. The maximum Gasteiger partial charge on any atom is 0.319 e. The molecule has 0 saturated carbocycles. The number of rotatable bonds is 5. The first-order valence-corrected chi connectivity index (χ1v) is 9.42. The molecule has 0 spiro atoms. The molecule has 0 bridgehead atoms. The molecular weight excluding hydrogens is 334 g/mol. The first kappa shape index (κ1) is 17.5. The molecule has 2 N–H and O–H groups in total. The van der Waals surface area contributed by atoms with E-state index in [9.17, 15) is 9.59 Å². The summed E-state index contributed by atoms with van der Waals surface area (Å²) < 4.78 is 0. The van der Waals surface area contributed by atoms with Gasteiger partial charge in [-0.1, -0.05) is 12.1 Å². The Bertz CT molecular complexity index is 758. The van der Waals surface area contributed by atoms with Crippen molar-refractivity contribution in [1.29, 1.82) is 0 Å². The molecule has 1 aromatic carbocycles. The highest BCUT2D eigenvalue weighted by Crippen LogP contribution is 2.28. The lowest BCUT2D eigenvalue weighted by Gasteiger charge is -2.20. The SMILES string of the molecule is Cc1ccc(NC(=O)NC(C)Cc2cccs2)cc1N1CCCC1=O. The standard InChI is InChI=1S/C19H23N3O2S/c1-13-7-8-15(12-17(13)22-9-3-6-18(22)23)21-19(24)20-14(2)11-16-5-4-10-25-16/h4-5,7-8,10,12,14H,3,6,9,11H2,1-2H3,(H2,20,21,24). The molecule has 1 fully saturated rings. The van der Waals surface area contributed by atoms with Gasteiger partial charge in [0.15, 0.2) is 0 Å². The summed E-state index contributed by atoms with van der Waals surface area (Å²) in [5.74, 6) is 0.147. The van der Waals surface area contributed by atoms with E-state index in [0.717, 1.165) is 30.6 Å². The van der Waals surface area contributed by atoms with Crippen molar-refractivity contribution in [3.05, 3.63) is 46.2 Å². The van der Waals surface area contributed by atoms with Crippen LogP contribution in [0.1, 0.15) is 30.2 Å². The van der Waals surface area contributed by atoms with Crippen LogP contribution in [0.2, 0.25) is 0 Å². The minimum absolute atomic E-state index is 0.0451. The minimum atomic E-state index is -0.230. The maximum atomic E-state index is 12.2. The quantitative estimate of drug-likeness (QED) is 0.851. The Morgan fingerprint density at radius 2 is 2.20 bits per heavy atom. The van der Waals surface area contributed by atoms with Gasteiger partial charge in [-0.3, -0.25) is 4.79 Å². The number of carbonyl (C=O) groups is 2. The third-order valence-electron chi connectivity index (χ3n) is 4.30. The molecule has 1 aromatic heterocycles. The number of amides is 3. The molecule has 0 radical (unpaired) electrons. The summed E-state index contributed by atoms with van der Waals surface area (Å²) in [5.41, 5.74) is 2.61. The Morgan fingerprint density at radius 3 is 2.88 bits per heavy atom. The van der Waals surface area contributed by atoms with Crippen LogP contribution in [0.3, 0.4) is 0 Å². The molecule has 1 aliphatic rings. The van der Waals surface area contributed by atoms with E-state index in [-0.39, 0.29) is 18.0 Å². The van der Waals surface area contributed by atoms with E-state index in [1.54, 1.807) is 16.2 Å². The van der Waals surface area contributed by atoms with Crippen molar-refractivity contribution in [2.45, 2.75) is 39.2 Å². The van der Waals surface area contributed by atoms with Gasteiger partial charge in [0.2, 0.25) is 5.91 Å². The summed E-state index contributed by atoms with van der Waals surface area (Å²) in [6.45, 7) is 4.71. The summed E-state index contributed by atoms with van der Waals surface area (Å²) in [5, 5.41) is 7.87. The van der Waals surface area contributed by atoms with E-state index in [1.807, 2.05) is 43.5 Å². The third kappa shape index (κ3) is 4.39. The highest BCUT2D eigenvalue weighted by molar-refractivity contribution is 7.09. The Kier molecular flexibility index (Phi) is 5.38. The van der Waals surface area contributed by atoms with Crippen molar-refractivity contribution < 1.29 is 9.59 Å². The van der Waals surface area contributed by atoms with Gasteiger partial charge in [0.1, 0.15) is 0 Å². The van der Waals surface area contributed by atoms with Gasteiger partial charge in [0.25, 0.3) is 0 Å². The lowest BCUT2D eigenvalue weighted by molar-refractivity contribution is -0.117. The number of anilines is 2. The first-order chi connectivity index (χ1) is 12.0. The van der Waals surface area contributed by atoms with Gasteiger partial charge in [-0.05, 0) is 49.4 Å². The van der Waals surface area contributed by atoms with Gasteiger partial charge in [-0.15, -0.1) is 11.3 Å². The molecule has 3 amide bonds. The van der Waals surface area contributed by atoms with Crippen molar-refractivity contribution in [2.75, 3.05) is 16.8 Å². The van der Waals surface area contributed by atoms with Gasteiger partial charge >= 0.3 is 6.03 Å². The van der Waals surface area contributed by atoms with E-state index in [0.29, 0.717) is 12.1 Å². The molecule has 1 unspecified atom stereocenters. The van der Waals surface area contributed by atoms with Gasteiger partial charge in [-0.2, -0.15) is 0 Å². The number of aryl methyl sites for hydroxylation is 1. The van der Waals surface area contributed by atoms with Crippen molar-refractivity contribution in [3.63, 3.8) is 0 Å². The average molecular weight is 357 g/mol. The molecular formula is C19H23N3O2S. The fraction of sp³-hybridized carbons (Fsp3) is 0.368. The van der Waals surface area contributed by atoms with Crippen molar-refractivity contribution in [3.8, 4) is 0 Å². The number of nitrogens with one attached hydrogen (secondary N) is 2. The van der Waals surface area contributed by atoms with Crippen LogP contribution in [0.25, 0.3) is 0 Å². The van der Waals surface area contributed by atoms with E-state index in [2.05, 4.69) is 16.7 Å². The van der Waals surface area contributed by atoms with E-state index in [4.69, 9.17) is 0 Å². The number of carbonyl (C=O) groups excluding carboxylic acids is 2. The molecule has 1 saturated heterocycles. The zero-order chi connectivity index (χ0) is 17.8. The molecule has 1 aliphatic heterocycles. The zero-order valence-corrected chi connectivity index (χ0v) is 15.4. The lowest BCUT2D eigenvalue weighted by Crippen LogP contribution is -2.37. The molecule has 1 atom stereocenters. The van der Waals surface area contributed by atoms with Crippen LogP contribution in [0.5, 0.6) is 0 Å². The topological polar surface area (TPSA) is 61.4 Å². The van der Waals surface area contributed by atoms with Crippen LogP contribution < -0.4 is 15.5 Å². The molecule has 25 heavy (non-hydrogen) atoms. The second kappa shape index (κ2) is 7.70. The van der Waals surface area contributed by atoms with Crippen molar-refractivity contribution >= 4 is 34.6 Å². The fourth-order valence-corrected chi connectivity index (χ4v) is 3.89. The Hall–Kier alpha value is -2.34. The van der Waals surface area contributed by atoms with E-state index < -0.39 is 0 Å². The predicted octanol–water partition coefficient (Wildman–Crippen LogP) is 3.94. The molecule has 0 aliphatic carbocycles. The van der Waals surface area contributed by atoms with Crippen LogP contribution >= 0.6 is 11.3 Å². The summed E-state index contributed by atoms with van der Waals surface area (Å²) in [6, 6.07) is 9.58. The summed E-state index contributed by atoms with van der Waals surface area (Å²) in [7, 11) is 0. The Labute approximate surface area is 152 Å². The molecule has 132 valence electrons. The number of hydrogen-bond donors (Lipinski definition) is 2. The Morgan fingerprint density at radius 1 is 1.36 bits per heavy atom. The first-order valence-electron chi connectivity index (χ1n) is 8.54. The summed E-state index contributed by atoms with van der Waals surface area (Å²) in [6.07, 6.45) is 2.29. The van der Waals surface area contributed by atoms with Gasteiger partial charge in [-0.25, -0.2) is 4.79 Å². The molecule has 2 aromatic rings. The normalized spacial score (nSPS) is 15.3. The van der Waals surface area contributed by atoms with E-state index >= 15 is 0 Å². The lowest BCUT2D eigenvalue weighted by atomic mass is 10.1. The highest BCUT2D eigenvalue weighted by Gasteiger charge is 2.23. The highest BCUT2D eigenvalue weighted by atomic mass is 32.1. The average Bonchev–Trinajstić information content (AvgIpc) is 3.20. The second-order valence-corrected chi connectivity index (χ2v) is 7.47.